The van der Waals surface area contributed by atoms with Crippen LogP contribution in [0.15, 0.2) is 12.1 Å². The fourth-order valence-corrected chi connectivity index (χ4v) is 2.43. The minimum absolute atomic E-state index is 0.101. The van der Waals surface area contributed by atoms with Gasteiger partial charge in [-0.15, -0.1) is 0 Å². The van der Waals surface area contributed by atoms with Gasteiger partial charge in [-0.2, -0.15) is 0 Å². The van der Waals surface area contributed by atoms with Crippen molar-refractivity contribution in [1.82, 2.24) is 0 Å². The van der Waals surface area contributed by atoms with Crippen molar-refractivity contribution in [1.29, 1.82) is 0 Å². The lowest BCUT2D eigenvalue weighted by Gasteiger charge is -2.11. The van der Waals surface area contributed by atoms with Gasteiger partial charge in [-0.25, -0.2) is 4.39 Å². The zero-order chi connectivity index (χ0) is 16.5. The van der Waals surface area contributed by atoms with Crippen molar-refractivity contribution in [2.75, 3.05) is 6.61 Å². The largest absolute Gasteiger partial charge is 0.490 e. The average Bonchev–Trinajstić information content (AvgIpc) is 2.47. The molecule has 22 heavy (non-hydrogen) atoms. The Morgan fingerprint density at radius 1 is 1.27 bits per heavy atom. The second-order valence-corrected chi connectivity index (χ2v) is 6.34. The van der Waals surface area contributed by atoms with Crippen molar-refractivity contribution in [3.05, 3.63) is 28.5 Å². The Balaban J connectivity index is 2.48. The zero-order valence-electron chi connectivity index (χ0n) is 13.8. The van der Waals surface area contributed by atoms with Crippen LogP contribution in [0.2, 0.25) is 5.02 Å². The number of Topliss-reactive ketones (excluding diaryl/α,β-unsaturated/α-hetero) is 1. The van der Waals surface area contributed by atoms with Crippen LogP contribution in [0.4, 0.5) is 4.39 Å². The summed E-state index contributed by atoms with van der Waals surface area (Å²) >= 11 is 6.03. The van der Waals surface area contributed by atoms with E-state index in [2.05, 4.69) is 0 Å². The molecule has 0 bridgehead atoms. The van der Waals surface area contributed by atoms with Crippen molar-refractivity contribution >= 4 is 17.4 Å². The van der Waals surface area contributed by atoms with Crippen LogP contribution in [0.1, 0.15) is 58.4 Å². The molecule has 1 aromatic rings. The summed E-state index contributed by atoms with van der Waals surface area (Å²) in [6.07, 6.45) is 4.67. The first kappa shape index (κ1) is 19.0. The molecule has 1 rings (SSSR count). The number of hydrogen-bond acceptors (Lipinski definition) is 2. The van der Waals surface area contributed by atoms with Crippen LogP contribution in [-0.2, 0) is 11.2 Å². The Bertz CT molecular complexity index is 486. The molecular formula is C18H26ClFO2. The first-order valence-corrected chi connectivity index (χ1v) is 8.47. The van der Waals surface area contributed by atoms with Gasteiger partial charge >= 0.3 is 0 Å². The molecule has 0 amide bonds. The van der Waals surface area contributed by atoms with Crippen LogP contribution in [0, 0.1) is 11.7 Å². The summed E-state index contributed by atoms with van der Waals surface area (Å²) in [5, 5.41) is 0.498. The lowest BCUT2D eigenvalue weighted by atomic mass is 10.0. The quantitative estimate of drug-likeness (QED) is 0.523. The van der Waals surface area contributed by atoms with E-state index in [4.69, 9.17) is 16.3 Å². The summed E-state index contributed by atoms with van der Waals surface area (Å²) in [7, 11) is 0. The highest BCUT2D eigenvalue weighted by Crippen LogP contribution is 2.27. The molecule has 0 heterocycles. The van der Waals surface area contributed by atoms with Gasteiger partial charge in [-0.1, -0.05) is 38.8 Å². The fraction of sp³-hybridized carbons (Fsp3) is 0.611. The third kappa shape index (κ3) is 6.35. The fourth-order valence-electron chi connectivity index (χ4n) is 2.20. The summed E-state index contributed by atoms with van der Waals surface area (Å²) in [5.41, 5.74) is 0.591. The minimum atomic E-state index is -0.309. The molecule has 0 atom stereocenters. The molecule has 0 aliphatic heterocycles. The third-order valence-corrected chi connectivity index (χ3v) is 3.77. The summed E-state index contributed by atoms with van der Waals surface area (Å²) < 4.78 is 19.7. The highest BCUT2D eigenvalue weighted by atomic mass is 35.5. The van der Waals surface area contributed by atoms with Gasteiger partial charge in [0, 0.05) is 23.4 Å². The van der Waals surface area contributed by atoms with Crippen LogP contribution in [0.25, 0.3) is 0 Å². The van der Waals surface area contributed by atoms with Crippen molar-refractivity contribution < 1.29 is 13.9 Å². The first-order chi connectivity index (χ1) is 10.5. The van der Waals surface area contributed by atoms with E-state index in [0.29, 0.717) is 35.8 Å². The first-order valence-electron chi connectivity index (χ1n) is 8.09. The molecule has 0 N–H and O–H groups in total. The number of hydrogen-bond donors (Lipinski definition) is 0. The van der Waals surface area contributed by atoms with E-state index in [1.807, 2.05) is 20.8 Å². The summed E-state index contributed by atoms with van der Waals surface area (Å²) in [6.45, 7) is 6.29. The molecule has 0 aromatic heterocycles. The van der Waals surface area contributed by atoms with E-state index in [0.717, 1.165) is 25.7 Å². The summed E-state index contributed by atoms with van der Waals surface area (Å²) in [6, 6.07) is 3.19. The van der Waals surface area contributed by atoms with Crippen molar-refractivity contribution in [3.8, 4) is 5.75 Å². The number of halogens is 2. The van der Waals surface area contributed by atoms with E-state index < -0.39 is 0 Å². The predicted molar refractivity (Wildman–Crippen MR) is 89.2 cm³/mol. The summed E-state index contributed by atoms with van der Waals surface area (Å²) in [5.74, 6) is 0.322. The van der Waals surface area contributed by atoms with Gasteiger partial charge in [-0.05, 0) is 37.3 Å². The molecule has 4 heteroatoms. The Labute approximate surface area is 138 Å². The van der Waals surface area contributed by atoms with Crippen LogP contribution >= 0.6 is 11.6 Å². The lowest BCUT2D eigenvalue weighted by molar-refractivity contribution is -0.122. The number of carbonyl (C=O) groups excluding carboxylic acids is 1. The maximum atomic E-state index is 14.3. The maximum Gasteiger partial charge on any atom is 0.168 e. The molecule has 0 radical (unpaired) electrons. The number of aryl methyl sites for hydroxylation is 1. The van der Waals surface area contributed by atoms with Crippen LogP contribution < -0.4 is 4.74 Å². The molecule has 0 saturated heterocycles. The lowest BCUT2D eigenvalue weighted by Crippen LogP contribution is -2.06. The molecule has 0 aliphatic rings. The van der Waals surface area contributed by atoms with Gasteiger partial charge in [0.15, 0.2) is 11.6 Å². The van der Waals surface area contributed by atoms with Crippen LogP contribution in [-0.4, -0.2) is 12.4 Å². The van der Waals surface area contributed by atoms with Gasteiger partial charge in [0.2, 0.25) is 0 Å². The van der Waals surface area contributed by atoms with Gasteiger partial charge in [0.25, 0.3) is 0 Å². The molecule has 0 unspecified atom stereocenters. The Kier molecular flexibility index (Phi) is 8.47. The molecule has 124 valence electrons. The minimum Gasteiger partial charge on any atom is -0.490 e. The van der Waals surface area contributed by atoms with Crippen molar-refractivity contribution in [2.24, 2.45) is 5.92 Å². The van der Waals surface area contributed by atoms with Gasteiger partial charge in [0.05, 0.1) is 6.61 Å². The number of unbranched alkanes of at least 4 members (excludes halogenated alkanes) is 2. The van der Waals surface area contributed by atoms with Gasteiger partial charge in [0.1, 0.15) is 5.78 Å². The number of ketones is 1. The van der Waals surface area contributed by atoms with E-state index in [1.54, 1.807) is 6.07 Å². The molecule has 1 aromatic carbocycles. The topological polar surface area (TPSA) is 26.3 Å². The van der Waals surface area contributed by atoms with E-state index in [9.17, 15) is 9.18 Å². The molecule has 0 aliphatic carbocycles. The average molecular weight is 329 g/mol. The maximum absolute atomic E-state index is 14.3. The number of rotatable bonds is 10. The van der Waals surface area contributed by atoms with E-state index >= 15 is 0 Å². The molecular weight excluding hydrogens is 303 g/mol. The third-order valence-electron chi connectivity index (χ3n) is 3.55. The summed E-state index contributed by atoms with van der Waals surface area (Å²) in [4.78, 5) is 11.5. The second kappa shape index (κ2) is 9.83. The SMILES string of the molecule is CCCOc1cc(Cl)cc(CCCCCC(=O)C(C)C)c1F. The van der Waals surface area contributed by atoms with Gasteiger partial charge < -0.3 is 4.74 Å². The number of carbonyl (C=O) groups is 1. The number of ether oxygens (including phenoxy) is 1. The second-order valence-electron chi connectivity index (χ2n) is 5.91. The van der Waals surface area contributed by atoms with Crippen molar-refractivity contribution in [2.45, 2.75) is 59.3 Å². The highest BCUT2D eigenvalue weighted by molar-refractivity contribution is 6.30. The molecule has 0 spiro atoms. The molecule has 2 nitrogen and oxygen atoms in total. The Hall–Kier alpha value is -1.09. The predicted octanol–water partition coefficient (Wildman–Crippen LogP) is 5.60. The van der Waals surface area contributed by atoms with E-state index in [-0.39, 0.29) is 17.5 Å². The van der Waals surface area contributed by atoms with Crippen LogP contribution in [0.3, 0.4) is 0 Å². The molecule has 0 saturated carbocycles. The Morgan fingerprint density at radius 2 is 2.00 bits per heavy atom. The Morgan fingerprint density at radius 3 is 2.64 bits per heavy atom. The van der Waals surface area contributed by atoms with E-state index in [1.165, 1.54) is 6.07 Å². The smallest absolute Gasteiger partial charge is 0.168 e. The van der Waals surface area contributed by atoms with Gasteiger partial charge in [-0.3, -0.25) is 4.79 Å². The van der Waals surface area contributed by atoms with Crippen molar-refractivity contribution in [3.63, 3.8) is 0 Å². The standard InChI is InChI=1S/C18H26ClFO2/c1-4-10-22-17-12-15(19)11-14(18(17)20)8-6-5-7-9-16(21)13(2)3/h11-13H,4-10H2,1-3H3. The number of benzene rings is 1. The zero-order valence-corrected chi connectivity index (χ0v) is 14.5. The molecule has 0 fully saturated rings. The monoisotopic (exact) mass is 328 g/mol. The normalized spacial score (nSPS) is 11.0. The highest BCUT2D eigenvalue weighted by Gasteiger charge is 2.12. The van der Waals surface area contributed by atoms with Crippen LogP contribution in [0.5, 0.6) is 5.75 Å².